The first-order valence-corrected chi connectivity index (χ1v) is 10.2. The molecule has 0 unspecified atom stereocenters. The average molecular weight is 443 g/mol. The second kappa shape index (κ2) is 8.23. The predicted octanol–water partition coefficient (Wildman–Crippen LogP) is 7.36. The maximum atomic E-state index is 6.41. The fourth-order valence-electron chi connectivity index (χ4n) is 2.27. The third-order valence-electron chi connectivity index (χ3n) is 4.14. The first-order chi connectivity index (χ1) is 12.8. The molecule has 0 saturated heterocycles. The summed E-state index contributed by atoms with van der Waals surface area (Å²) in [5, 5.41) is 2.86. The molecule has 0 radical (unpaired) electrons. The molecule has 1 heterocycles. The topological polar surface area (TPSA) is 37.7 Å². The van der Waals surface area contributed by atoms with E-state index in [2.05, 4.69) is 23.2 Å². The van der Waals surface area contributed by atoms with E-state index < -0.39 is 0 Å². The van der Waals surface area contributed by atoms with Crippen molar-refractivity contribution in [1.29, 1.82) is 0 Å². The van der Waals surface area contributed by atoms with Crippen LogP contribution in [0.2, 0.25) is 15.1 Å². The van der Waals surface area contributed by atoms with Gasteiger partial charge in [0.15, 0.2) is 0 Å². The molecule has 3 aromatic rings. The lowest BCUT2D eigenvalue weighted by atomic mass is 10.2. The third-order valence-corrected chi connectivity index (χ3v) is 5.79. The summed E-state index contributed by atoms with van der Waals surface area (Å²) in [6, 6.07) is 7.45. The number of halogens is 3. The molecule has 3 rings (SSSR count). The highest BCUT2D eigenvalue weighted by Gasteiger charge is 2.16. The summed E-state index contributed by atoms with van der Waals surface area (Å²) in [5.41, 5.74) is 2.22. The SMILES string of the molecule is Cc1cc(/N=C\N(C)C(C)C)c(Cl)cc1Oc1snc2c(Cl)ccc(Cl)c12. The highest BCUT2D eigenvalue weighted by atomic mass is 35.5. The Hall–Kier alpha value is -1.53. The van der Waals surface area contributed by atoms with Gasteiger partial charge < -0.3 is 9.64 Å². The Morgan fingerprint density at radius 2 is 1.85 bits per heavy atom. The molecule has 142 valence electrons. The summed E-state index contributed by atoms with van der Waals surface area (Å²) < 4.78 is 10.4. The van der Waals surface area contributed by atoms with Gasteiger partial charge in [0, 0.05) is 30.7 Å². The van der Waals surface area contributed by atoms with Gasteiger partial charge in [0.05, 0.1) is 32.5 Å². The Bertz CT molecular complexity index is 1020. The maximum Gasteiger partial charge on any atom is 0.209 e. The third kappa shape index (κ3) is 4.32. The normalized spacial score (nSPS) is 11.7. The predicted molar refractivity (Wildman–Crippen MR) is 117 cm³/mol. The second-order valence-electron chi connectivity index (χ2n) is 6.40. The molecular weight excluding hydrogens is 425 g/mol. The number of nitrogens with zero attached hydrogens (tertiary/aromatic N) is 3. The lowest BCUT2D eigenvalue weighted by Crippen LogP contribution is -2.24. The van der Waals surface area contributed by atoms with Crippen LogP contribution < -0.4 is 4.74 Å². The Labute approximate surface area is 177 Å². The summed E-state index contributed by atoms with van der Waals surface area (Å²) in [6.45, 7) is 6.12. The molecule has 4 nitrogen and oxygen atoms in total. The molecule has 27 heavy (non-hydrogen) atoms. The summed E-state index contributed by atoms with van der Waals surface area (Å²) in [6.07, 6.45) is 1.77. The molecule has 2 aromatic carbocycles. The molecule has 0 aliphatic carbocycles. The Morgan fingerprint density at radius 1 is 1.15 bits per heavy atom. The van der Waals surface area contributed by atoms with Crippen molar-refractivity contribution in [1.82, 2.24) is 9.27 Å². The molecule has 8 heteroatoms. The van der Waals surface area contributed by atoms with E-state index in [0.717, 1.165) is 5.56 Å². The van der Waals surface area contributed by atoms with Gasteiger partial charge in [-0.1, -0.05) is 34.8 Å². The number of fused-ring (bicyclic) bond motifs is 1. The Kier molecular flexibility index (Phi) is 6.16. The van der Waals surface area contributed by atoms with Gasteiger partial charge in [-0.05, 0) is 44.5 Å². The smallest absolute Gasteiger partial charge is 0.209 e. The zero-order chi connectivity index (χ0) is 19.7. The highest BCUT2D eigenvalue weighted by Crippen LogP contribution is 2.43. The molecular formula is C19H18Cl3N3OS. The molecule has 0 aliphatic heterocycles. The van der Waals surface area contributed by atoms with Crippen LogP contribution in [0.1, 0.15) is 19.4 Å². The van der Waals surface area contributed by atoms with Crippen LogP contribution in [-0.2, 0) is 0 Å². The molecule has 1 aromatic heterocycles. The zero-order valence-electron chi connectivity index (χ0n) is 15.3. The number of hydrogen-bond donors (Lipinski definition) is 0. The van der Waals surface area contributed by atoms with Crippen molar-refractivity contribution in [2.45, 2.75) is 26.8 Å². The van der Waals surface area contributed by atoms with Gasteiger partial charge in [-0.2, -0.15) is 4.37 Å². The van der Waals surface area contributed by atoms with E-state index in [1.165, 1.54) is 11.5 Å². The van der Waals surface area contributed by atoms with Crippen molar-refractivity contribution in [3.8, 4) is 10.8 Å². The summed E-state index contributed by atoms with van der Waals surface area (Å²) in [5.74, 6) is 0.623. The van der Waals surface area contributed by atoms with E-state index in [0.29, 0.717) is 48.5 Å². The van der Waals surface area contributed by atoms with Crippen LogP contribution in [-0.4, -0.2) is 28.7 Å². The largest absolute Gasteiger partial charge is 0.444 e. The Balaban J connectivity index is 1.93. The molecule has 0 bridgehead atoms. The fourth-order valence-corrected chi connectivity index (χ4v) is 3.81. The van der Waals surface area contributed by atoms with Crippen molar-refractivity contribution in [3.05, 3.63) is 44.9 Å². The maximum absolute atomic E-state index is 6.41. The molecule has 0 fully saturated rings. The summed E-state index contributed by atoms with van der Waals surface area (Å²) >= 11 is 20.1. The monoisotopic (exact) mass is 441 g/mol. The van der Waals surface area contributed by atoms with Crippen LogP contribution in [0.5, 0.6) is 10.8 Å². The van der Waals surface area contributed by atoms with E-state index in [-0.39, 0.29) is 0 Å². The number of hydrogen-bond acceptors (Lipinski definition) is 4. The minimum atomic E-state index is 0.354. The number of aryl methyl sites for hydroxylation is 1. The van der Waals surface area contributed by atoms with Gasteiger partial charge in [-0.3, -0.25) is 0 Å². The first-order valence-electron chi connectivity index (χ1n) is 8.25. The van der Waals surface area contributed by atoms with Crippen molar-refractivity contribution in [2.24, 2.45) is 4.99 Å². The Morgan fingerprint density at radius 3 is 2.56 bits per heavy atom. The van der Waals surface area contributed by atoms with Crippen molar-refractivity contribution < 1.29 is 4.74 Å². The van der Waals surface area contributed by atoms with E-state index in [4.69, 9.17) is 39.5 Å². The van der Waals surface area contributed by atoms with Crippen LogP contribution in [0, 0.1) is 6.92 Å². The molecule has 0 N–H and O–H groups in total. The van der Waals surface area contributed by atoms with Crippen molar-refractivity contribution in [2.75, 3.05) is 7.05 Å². The molecule has 0 atom stereocenters. The van der Waals surface area contributed by atoms with Crippen molar-refractivity contribution in [3.63, 3.8) is 0 Å². The highest BCUT2D eigenvalue weighted by molar-refractivity contribution is 7.09. The number of aromatic nitrogens is 1. The lowest BCUT2D eigenvalue weighted by Gasteiger charge is -2.17. The first kappa shape index (κ1) is 20.2. The number of aliphatic imine (C=N–C) groups is 1. The standard InChI is InChI=1S/C19H18Cl3N3OS/c1-10(2)25(4)9-23-15-7-11(3)16(8-14(15)22)26-19-17-12(20)5-6-13(21)18(17)24-27-19/h5-10H,1-4H3/b23-9-. The summed E-state index contributed by atoms with van der Waals surface area (Å²) in [4.78, 5) is 6.47. The van der Waals surface area contributed by atoms with Crippen LogP contribution in [0.25, 0.3) is 10.9 Å². The number of rotatable bonds is 5. The minimum Gasteiger partial charge on any atom is -0.444 e. The number of ether oxygens (including phenoxy) is 1. The van der Waals surface area contributed by atoms with Crippen LogP contribution in [0.4, 0.5) is 5.69 Å². The van der Waals surface area contributed by atoms with E-state index in [9.17, 15) is 0 Å². The molecule has 0 amide bonds. The zero-order valence-corrected chi connectivity index (χ0v) is 18.3. The van der Waals surface area contributed by atoms with Gasteiger partial charge in [-0.25, -0.2) is 4.99 Å². The molecule has 0 spiro atoms. The van der Waals surface area contributed by atoms with Gasteiger partial charge in [0.2, 0.25) is 5.06 Å². The van der Waals surface area contributed by atoms with Crippen LogP contribution in [0.3, 0.4) is 0 Å². The molecule has 0 saturated carbocycles. The van der Waals surface area contributed by atoms with E-state index >= 15 is 0 Å². The van der Waals surface area contributed by atoms with Crippen LogP contribution in [0.15, 0.2) is 29.3 Å². The second-order valence-corrected chi connectivity index (χ2v) is 8.36. The van der Waals surface area contributed by atoms with E-state index in [1.54, 1.807) is 24.5 Å². The van der Waals surface area contributed by atoms with Crippen LogP contribution >= 0.6 is 46.3 Å². The van der Waals surface area contributed by atoms with Gasteiger partial charge in [0.1, 0.15) is 11.3 Å². The van der Waals surface area contributed by atoms with Gasteiger partial charge >= 0.3 is 0 Å². The van der Waals surface area contributed by atoms with Crippen molar-refractivity contribution >= 4 is 69.3 Å². The number of benzene rings is 2. The van der Waals surface area contributed by atoms with Gasteiger partial charge in [-0.15, -0.1) is 0 Å². The minimum absolute atomic E-state index is 0.354. The fraction of sp³-hybridized carbons (Fsp3) is 0.263. The summed E-state index contributed by atoms with van der Waals surface area (Å²) in [7, 11) is 1.97. The quantitative estimate of drug-likeness (QED) is 0.306. The lowest BCUT2D eigenvalue weighted by molar-refractivity contribution is 0.429. The molecule has 0 aliphatic rings. The van der Waals surface area contributed by atoms with Gasteiger partial charge in [0.25, 0.3) is 0 Å². The average Bonchev–Trinajstić information content (AvgIpc) is 3.04. The van der Waals surface area contributed by atoms with E-state index in [1.807, 2.05) is 24.9 Å².